The monoisotopic (exact) mass is 381 g/mol. The van der Waals surface area contributed by atoms with Crippen LogP contribution in [0.5, 0.6) is 0 Å². The lowest BCUT2D eigenvalue weighted by Crippen LogP contribution is -2.45. The van der Waals surface area contributed by atoms with Crippen molar-refractivity contribution in [2.24, 2.45) is 5.92 Å². The number of nitriles is 1. The maximum atomic E-state index is 10.0. The van der Waals surface area contributed by atoms with E-state index in [1.54, 1.807) is 6.20 Å². The number of rotatable bonds is 6. The average molecular weight is 381 g/mol. The van der Waals surface area contributed by atoms with Gasteiger partial charge >= 0.3 is 0 Å². The first kappa shape index (κ1) is 18.7. The largest absolute Gasteiger partial charge is 0.328 e. The second kappa shape index (κ2) is 7.76. The molecule has 0 radical (unpaired) electrons. The van der Waals surface area contributed by atoms with Crippen LogP contribution in [0.2, 0.25) is 0 Å². The van der Waals surface area contributed by atoms with Crippen molar-refractivity contribution in [1.82, 2.24) is 19.1 Å². The lowest BCUT2D eigenvalue weighted by Gasteiger charge is -2.39. The molecular formula is C24H23N5. The molecule has 0 fully saturated rings. The Morgan fingerprint density at radius 1 is 0.966 bits per heavy atom. The van der Waals surface area contributed by atoms with Crippen LogP contribution < -0.4 is 0 Å². The number of hydrogen-bond acceptors (Lipinski definition) is 3. The van der Waals surface area contributed by atoms with Gasteiger partial charge in [0.05, 0.1) is 18.5 Å². The predicted molar refractivity (Wildman–Crippen MR) is 113 cm³/mol. The van der Waals surface area contributed by atoms with Gasteiger partial charge in [-0.2, -0.15) is 5.26 Å². The molecule has 2 aromatic heterocycles. The first-order chi connectivity index (χ1) is 14.2. The van der Waals surface area contributed by atoms with Crippen molar-refractivity contribution in [2.75, 3.05) is 0 Å². The van der Waals surface area contributed by atoms with Crippen LogP contribution in [0.1, 0.15) is 18.3 Å². The molecule has 144 valence electrons. The van der Waals surface area contributed by atoms with Crippen LogP contribution in [0.15, 0.2) is 85.5 Å². The Hall–Kier alpha value is -3.65. The third-order valence-electron chi connectivity index (χ3n) is 5.60. The Bertz CT molecular complexity index is 1120. The molecule has 5 heteroatoms. The smallest absolute Gasteiger partial charge is 0.139 e. The molecule has 0 aliphatic heterocycles. The fraction of sp³-hybridized carbons (Fsp3) is 0.208. The number of aryl methyl sites for hydroxylation is 1. The fourth-order valence-corrected chi connectivity index (χ4v) is 4.08. The standard InChI is InChI=1S/C24H23N5/c1-19(17-25)24(22-11-7-4-8-12-22,29-16-14-26-20(29)2)18-28-15-13-27-23(28)21-9-5-3-6-10-21/h3-16,19H,18H2,1-2H3. The molecule has 0 aliphatic carbocycles. The summed E-state index contributed by atoms with van der Waals surface area (Å²) >= 11 is 0. The van der Waals surface area contributed by atoms with E-state index in [0.29, 0.717) is 6.54 Å². The van der Waals surface area contributed by atoms with Gasteiger partial charge in [0.2, 0.25) is 0 Å². The van der Waals surface area contributed by atoms with E-state index in [1.807, 2.05) is 68.8 Å². The highest BCUT2D eigenvalue weighted by Gasteiger charge is 2.42. The summed E-state index contributed by atoms with van der Waals surface area (Å²) in [6.07, 6.45) is 7.56. The lowest BCUT2D eigenvalue weighted by atomic mass is 9.78. The maximum Gasteiger partial charge on any atom is 0.139 e. The minimum atomic E-state index is -0.624. The Morgan fingerprint density at radius 3 is 2.24 bits per heavy atom. The summed E-state index contributed by atoms with van der Waals surface area (Å²) in [6, 6.07) is 22.9. The van der Waals surface area contributed by atoms with Gasteiger partial charge < -0.3 is 9.13 Å². The molecule has 29 heavy (non-hydrogen) atoms. The Kier molecular flexibility index (Phi) is 5.01. The highest BCUT2D eigenvalue weighted by molar-refractivity contribution is 5.55. The molecule has 0 saturated carbocycles. The van der Waals surface area contributed by atoms with Crippen LogP contribution in [-0.2, 0) is 12.1 Å². The van der Waals surface area contributed by atoms with Gasteiger partial charge in [-0.3, -0.25) is 0 Å². The Balaban J connectivity index is 1.93. The number of aromatic nitrogens is 4. The molecule has 2 unspecified atom stereocenters. The summed E-state index contributed by atoms with van der Waals surface area (Å²) in [7, 11) is 0. The summed E-state index contributed by atoms with van der Waals surface area (Å²) < 4.78 is 4.26. The van der Waals surface area contributed by atoms with Crippen molar-refractivity contribution in [3.63, 3.8) is 0 Å². The molecule has 2 aromatic carbocycles. The van der Waals surface area contributed by atoms with Gasteiger partial charge in [-0.05, 0) is 19.4 Å². The number of benzene rings is 2. The molecule has 4 rings (SSSR count). The zero-order chi connectivity index (χ0) is 20.3. The minimum Gasteiger partial charge on any atom is -0.328 e. The molecule has 4 aromatic rings. The van der Waals surface area contributed by atoms with Gasteiger partial charge in [-0.25, -0.2) is 9.97 Å². The van der Waals surface area contributed by atoms with E-state index in [0.717, 1.165) is 22.8 Å². The van der Waals surface area contributed by atoms with Gasteiger partial charge in [0.15, 0.2) is 0 Å². The molecule has 5 nitrogen and oxygen atoms in total. The van der Waals surface area contributed by atoms with Gasteiger partial charge in [0, 0.05) is 30.4 Å². The van der Waals surface area contributed by atoms with Gasteiger partial charge in [-0.15, -0.1) is 0 Å². The van der Waals surface area contributed by atoms with E-state index in [9.17, 15) is 5.26 Å². The number of nitrogens with zero attached hydrogens (tertiary/aromatic N) is 5. The van der Waals surface area contributed by atoms with Crippen LogP contribution >= 0.6 is 0 Å². The molecule has 0 amide bonds. The first-order valence-corrected chi connectivity index (χ1v) is 9.69. The van der Waals surface area contributed by atoms with E-state index in [1.165, 1.54) is 0 Å². The van der Waals surface area contributed by atoms with Crippen LogP contribution in [0, 0.1) is 24.2 Å². The SMILES string of the molecule is Cc1nccn1C(Cn1ccnc1-c1ccccc1)(c1ccccc1)C(C)C#N. The normalized spacial score (nSPS) is 14.1. The molecule has 2 atom stereocenters. The third-order valence-corrected chi connectivity index (χ3v) is 5.60. The average Bonchev–Trinajstić information content (AvgIpc) is 3.41. The van der Waals surface area contributed by atoms with Gasteiger partial charge in [0.1, 0.15) is 17.2 Å². The lowest BCUT2D eigenvalue weighted by molar-refractivity contribution is 0.237. The Labute approximate surface area is 170 Å². The van der Waals surface area contributed by atoms with Crippen molar-refractivity contribution >= 4 is 0 Å². The quantitative estimate of drug-likeness (QED) is 0.488. The molecule has 0 bridgehead atoms. The van der Waals surface area contributed by atoms with Crippen LogP contribution in [-0.4, -0.2) is 19.1 Å². The van der Waals surface area contributed by atoms with Gasteiger partial charge in [-0.1, -0.05) is 60.7 Å². The molecule has 0 spiro atoms. The first-order valence-electron chi connectivity index (χ1n) is 9.69. The highest BCUT2D eigenvalue weighted by atomic mass is 15.2. The zero-order valence-electron chi connectivity index (χ0n) is 16.6. The van der Waals surface area contributed by atoms with E-state index >= 15 is 0 Å². The summed E-state index contributed by atoms with van der Waals surface area (Å²) in [6.45, 7) is 4.52. The van der Waals surface area contributed by atoms with Crippen molar-refractivity contribution in [3.8, 4) is 17.5 Å². The number of hydrogen-bond donors (Lipinski definition) is 0. The molecular weight excluding hydrogens is 358 g/mol. The zero-order valence-corrected chi connectivity index (χ0v) is 16.6. The summed E-state index contributed by atoms with van der Waals surface area (Å²) in [5, 5.41) is 10.0. The fourth-order valence-electron chi connectivity index (χ4n) is 4.08. The summed E-state index contributed by atoms with van der Waals surface area (Å²) in [4.78, 5) is 9.07. The van der Waals surface area contributed by atoms with E-state index in [-0.39, 0.29) is 5.92 Å². The second-order valence-corrected chi connectivity index (χ2v) is 7.23. The van der Waals surface area contributed by atoms with Crippen molar-refractivity contribution in [3.05, 3.63) is 96.8 Å². The second-order valence-electron chi connectivity index (χ2n) is 7.23. The van der Waals surface area contributed by atoms with Crippen LogP contribution in [0.3, 0.4) is 0 Å². The van der Waals surface area contributed by atoms with E-state index in [4.69, 9.17) is 0 Å². The molecule has 0 saturated heterocycles. The Morgan fingerprint density at radius 2 is 1.62 bits per heavy atom. The van der Waals surface area contributed by atoms with Crippen molar-refractivity contribution in [1.29, 1.82) is 5.26 Å². The van der Waals surface area contributed by atoms with Crippen LogP contribution in [0.4, 0.5) is 0 Å². The topological polar surface area (TPSA) is 59.4 Å². The van der Waals surface area contributed by atoms with Crippen molar-refractivity contribution < 1.29 is 0 Å². The minimum absolute atomic E-state index is 0.302. The summed E-state index contributed by atoms with van der Waals surface area (Å²) in [5.41, 5.74) is 1.50. The van der Waals surface area contributed by atoms with E-state index < -0.39 is 5.54 Å². The van der Waals surface area contributed by atoms with Crippen LogP contribution in [0.25, 0.3) is 11.4 Å². The van der Waals surface area contributed by atoms with Gasteiger partial charge in [0.25, 0.3) is 0 Å². The van der Waals surface area contributed by atoms with E-state index in [2.05, 4.69) is 49.4 Å². The van der Waals surface area contributed by atoms with Crippen molar-refractivity contribution in [2.45, 2.75) is 25.9 Å². The summed E-state index contributed by atoms with van der Waals surface area (Å²) in [5.74, 6) is 1.45. The number of imidazole rings is 2. The molecule has 0 aliphatic rings. The maximum absolute atomic E-state index is 10.0. The predicted octanol–water partition coefficient (Wildman–Crippen LogP) is 4.66. The highest BCUT2D eigenvalue weighted by Crippen LogP contribution is 2.38. The third kappa shape index (κ3) is 3.23. The molecule has 0 N–H and O–H groups in total. The molecule has 2 heterocycles.